The maximum Gasteiger partial charge on any atom is 0.336 e. The van der Waals surface area contributed by atoms with Gasteiger partial charge in [0.1, 0.15) is 11.2 Å². The Labute approximate surface area is 122 Å². The fraction of sp³-hybridized carbons (Fsp3) is 0.0714. The van der Waals surface area contributed by atoms with Gasteiger partial charge in [-0.3, -0.25) is 14.2 Å². The van der Waals surface area contributed by atoms with Gasteiger partial charge >= 0.3 is 5.69 Å². The number of hydrogen-bond acceptors (Lipinski definition) is 4. The summed E-state index contributed by atoms with van der Waals surface area (Å²) in [5.41, 5.74) is 5.12. The summed E-state index contributed by atoms with van der Waals surface area (Å²) in [7, 11) is 0. The van der Waals surface area contributed by atoms with Gasteiger partial charge in [-0.1, -0.05) is 18.2 Å². The highest BCUT2D eigenvalue weighted by Crippen LogP contribution is 2.16. The standard InChI is InChI=1S/C14H11N3O3S/c15-11(18)8-16-10-6-7-21-12(10)13(19)17(14(16)20)9-4-2-1-3-5-9/h1-7H,8H2,(H2,15,18). The van der Waals surface area contributed by atoms with E-state index in [1.807, 2.05) is 0 Å². The van der Waals surface area contributed by atoms with E-state index < -0.39 is 17.2 Å². The van der Waals surface area contributed by atoms with Crippen molar-refractivity contribution in [3.8, 4) is 5.69 Å². The molecule has 2 aromatic heterocycles. The minimum absolute atomic E-state index is 0.265. The van der Waals surface area contributed by atoms with Crippen LogP contribution >= 0.6 is 11.3 Å². The quantitative estimate of drug-likeness (QED) is 0.772. The number of benzene rings is 1. The number of nitrogens with zero attached hydrogens (tertiary/aromatic N) is 2. The predicted molar refractivity (Wildman–Crippen MR) is 80.9 cm³/mol. The van der Waals surface area contributed by atoms with Gasteiger partial charge in [0, 0.05) is 0 Å². The SMILES string of the molecule is NC(=O)Cn1c(=O)n(-c2ccccc2)c(=O)c2sccc21. The van der Waals surface area contributed by atoms with Gasteiger partial charge in [-0.15, -0.1) is 11.3 Å². The largest absolute Gasteiger partial charge is 0.368 e. The first-order valence-corrected chi connectivity index (χ1v) is 7.04. The third-order valence-corrected chi connectivity index (χ3v) is 3.97. The van der Waals surface area contributed by atoms with Crippen LogP contribution in [0.1, 0.15) is 0 Å². The van der Waals surface area contributed by atoms with Gasteiger partial charge in [0.15, 0.2) is 0 Å². The van der Waals surface area contributed by atoms with Crippen molar-refractivity contribution in [1.29, 1.82) is 0 Å². The van der Waals surface area contributed by atoms with Gasteiger partial charge in [-0.05, 0) is 23.6 Å². The third-order valence-electron chi connectivity index (χ3n) is 3.08. The highest BCUT2D eigenvalue weighted by molar-refractivity contribution is 7.17. The molecule has 0 unspecified atom stereocenters. The monoisotopic (exact) mass is 301 g/mol. The maximum atomic E-state index is 12.6. The van der Waals surface area contributed by atoms with Crippen LogP contribution in [0.5, 0.6) is 0 Å². The van der Waals surface area contributed by atoms with Crippen LogP contribution in [-0.2, 0) is 11.3 Å². The van der Waals surface area contributed by atoms with Gasteiger partial charge in [-0.2, -0.15) is 0 Å². The number of aromatic nitrogens is 2. The van der Waals surface area contributed by atoms with E-state index in [1.54, 1.807) is 41.8 Å². The molecule has 1 amide bonds. The first-order valence-electron chi connectivity index (χ1n) is 6.16. The highest BCUT2D eigenvalue weighted by atomic mass is 32.1. The summed E-state index contributed by atoms with van der Waals surface area (Å²) in [4.78, 5) is 36.3. The Balaban J connectivity index is 2.43. The molecule has 106 valence electrons. The summed E-state index contributed by atoms with van der Waals surface area (Å²) >= 11 is 1.23. The zero-order valence-electron chi connectivity index (χ0n) is 10.9. The molecule has 0 saturated carbocycles. The van der Waals surface area contributed by atoms with Gasteiger partial charge < -0.3 is 5.73 Å². The van der Waals surface area contributed by atoms with Crippen LogP contribution in [-0.4, -0.2) is 15.0 Å². The Hall–Kier alpha value is -2.67. The van der Waals surface area contributed by atoms with Crippen LogP contribution in [0.4, 0.5) is 0 Å². The van der Waals surface area contributed by atoms with Crippen LogP contribution < -0.4 is 17.0 Å². The number of rotatable bonds is 3. The lowest BCUT2D eigenvalue weighted by Gasteiger charge is -2.10. The number of hydrogen-bond donors (Lipinski definition) is 1. The molecule has 0 radical (unpaired) electrons. The lowest BCUT2D eigenvalue weighted by atomic mass is 10.3. The summed E-state index contributed by atoms with van der Waals surface area (Å²) in [6.07, 6.45) is 0. The van der Waals surface area contributed by atoms with Crippen molar-refractivity contribution in [2.45, 2.75) is 6.54 Å². The summed E-state index contributed by atoms with van der Waals surface area (Å²) < 4.78 is 2.70. The average Bonchev–Trinajstić information content (AvgIpc) is 2.94. The van der Waals surface area contributed by atoms with Crippen molar-refractivity contribution in [2.24, 2.45) is 5.73 Å². The number of carbonyl (C=O) groups is 1. The second-order valence-corrected chi connectivity index (χ2v) is 5.36. The van der Waals surface area contributed by atoms with Crippen LogP contribution in [0.15, 0.2) is 51.4 Å². The molecule has 0 aliphatic heterocycles. The first-order chi connectivity index (χ1) is 10.1. The molecule has 7 heteroatoms. The molecule has 0 bridgehead atoms. The van der Waals surface area contributed by atoms with Crippen molar-refractivity contribution in [1.82, 2.24) is 9.13 Å². The Morgan fingerprint density at radius 1 is 1.14 bits per heavy atom. The topological polar surface area (TPSA) is 87.1 Å². The molecule has 1 aromatic carbocycles. The number of fused-ring (bicyclic) bond motifs is 1. The molecular weight excluding hydrogens is 290 g/mol. The lowest BCUT2D eigenvalue weighted by molar-refractivity contribution is -0.118. The van der Waals surface area contributed by atoms with Crippen molar-refractivity contribution < 1.29 is 4.79 Å². The van der Waals surface area contributed by atoms with Crippen molar-refractivity contribution in [2.75, 3.05) is 0 Å². The summed E-state index contributed by atoms with van der Waals surface area (Å²) in [5.74, 6) is -0.636. The van der Waals surface area contributed by atoms with E-state index in [2.05, 4.69) is 0 Å². The number of thiophene rings is 1. The van der Waals surface area contributed by atoms with Gasteiger partial charge in [-0.25, -0.2) is 9.36 Å². The number of nitrogens with two attached hydrogens (primary N) is 1. The van der Waals surface area contributed by atoms with Gasteiger partial charge in [0.25, 0.3) is 5.56 Å². The average molecular weight is 301 g/mol. The fourth-order valence-electron chi connectivity index (χ4n) is 2.20. The number of primary amides is 1. The van der Waals surface area contributed by atoms with E-state index in [0.717, 1.165) is 4.57 Å². The first kappa shape index (κ1) is 13.3. The second kappa shape index (κ2) is 5.02. The van der Waals surface area contributed by atoms with Crippen molar-refractivity contribution in [3.63, 3.8) is 0 Å². The zero-order valence-corrected chi connectivity index (χ0v) is 11.7. The van der Waals surface area contributed by atoms with E-state index >= 15 is 0 Å². The van der Waals surface area contributed by atoms with E-state index in [9.17, 15) is 14.4 Å². The van der Waals surface area contributed by atoms with E-state index in [-0.39, 0.29) is 6.54 Å². The van der Waals surface area contributed by atoms with Crippen molar-refractivity contribution in [3.05, 3.63) is 62.6 Å². The molecule has 0 fully saturated rings. The Morgan fingerprint density at radius 3 is 2.52 bits per heavy atom. The van der Waals surface area contributed by atoms with E-state index in [4.69, 9.17) is 5.73 Å². The molecule has 0 aliphatic rings. The molecule has 0 atom stereocenters. The Bertz CT molecular complexity index is 937. The third kappa shape index (κ3) is 2.17. The fourth-order valence-corrected chi connectivity index (χ4v) is 3.02. The molecule has 0 aliphatic carbocycles. The zero-order chi connectivity index (χ0) is 15.0. The number of amides is 1. The smallest absolute Gasteiger partial charge is 0.336 e. The maximum absolute atomic E-state index is 12.6. The Kier molecular flexibility index (Phi) is 3.19. The molecule has 3 aromatic rings. The van der Waals surface area contributed by atoms with Crippen molar-refractivity contribution >= 4 is 27.5 Å². The molecule has 0 saturated heterocycles. The lowest BCUT2D eigenvalue weighted by Crippen LogP contribution is -2.40. The molecule has 2 heterocycles. The Morgan fingerprint density at radius 2 is 1.86 bits per heavy atom. The van der Waals surface area contributed by atoms with E-state index in [1.165, 1.54) is 15.9 Å². The highest BCUT2D eigenvalue weighted by Gasteiger charge is 2.16. The minimum Gasteiger partial charge on any atom is -0.368 e. The van der Waals surface area contributed by atoms with Crippen LogP contribution in [0, 0.1) is 0 Å². The summed E-state index contributed by atoms with van der Waals surface area (Å²) in [6, 6.07) is 10.2. The molecule has 6 nitrogen and oxygen atoms in total. The molecule has 21 heavy (non-hydrogen) atoms. The molecule has 0 spiro atoms. The predicted octanol–water partition coefficient (Wildman–Crippen LogP) is 0.699. The minimum atomic E-state index is -0.636. The molecule has 3 rings (SSSR count). The number of carbonyl (C=O) groups excluding carboxylic acids is 1. The van der Waals surface area contributed by atoms with Crippen LogP contribution in [0.25, 0.3) is 15.9 Å². The normalized spacial score (nSPS) is 10.9. The molecular formula is C14H11N3O3S. The van der Waals surface area contributed by atoms with Crippen LogP contribution in [0.3, 0.4) is 0 Å². The number of para-hydroxylation sites is 1. The summed E-state index contributed by atoms with van der Waals surface area (Å²) in [6.45, 7) is -0.265. The molecule has 2 N–H and O–H groups in total. The van der Waals surface area contributed by atoms with Gasteiger partial charge in [0.2, 0.25) is 5.91 Å². The van der Waals surface area contributed by atoms with Gasteiger partial charge in [0.05, 0.1) is 11.2 Å². The van der Waals surface area contributed by atoms with Crippen LogP contribution in [0.2, 0.25) is 0 Å². The summed E-state index contributed by atoms with van der Waals surface area (Å²) in [5, 5.41) is 1.71. The second-order valence-electron chi connectivity index (χ2n) is 4.45. The van der Waals surface area contributed by atoms with E-state index in [0.29, 0.717) is 15.9 Å².